The highest BCUT2D eigenvalue weighted by Crippen LogP contribution is 2.20. The lowest BCUT2D eigenvalue weighted by molar-refractivity contribution is -0.145. The Hall–Kier alpha value is -0.610. The number of carbonyl (C=O) groups is 1. The summed E-state index contributed by atoms with van der Waals surface area (Å²) in [4.78, 5) is 13.4. The van der Waals surface area contributed by atoms with Gasteiger partial charge in [0.05, 0.1) is 0 Å². The van der Waals surface area contributed by atoms with Gasteiger partial charge in [-0.3, -0.25) is 9.69 Å². The second-order valence-electron chi connectivity index (χ2n) is 4.46. The van der Waals surface area contributed by atoms with Crippen molar-refractivity contribution in [3.8, 4) is 0 Å². The summed E-state index contributed by atoms with van der Waals surface area (Å²) in [5.74, 6) is -0.675. The first-order valence-electron chi connectivity index (χ1n) is 6.40. The molecule has 0 saturated carbocycles. The van der Waals surface area contributed by atoms with Crippen molar-refractivity contribution in [2.45, 2.75) is 51.6 Å². The second kappa shape index (κ2) is 6.86. The number of aliphatic carboxylic acids is 1. The van der Waals surface area contributed by atoms with Crippen molar-refractivity contribution in [3.63, 3.8) is 0 Å². The Kier molecular flexibility index (Phi) is 5.77. The standard InChI is InChI=1S/C12H24N2O2/c1-3-11(12(15)16)14-8-6-5-7-10(14)9-13-4-2/h10-11,13H,3-9H2,1-2H3,(H,15,16). The lowest BCUT2D eigenvalue weighted by Gasteiger charge is -2.39. The molecule has 1 fully saturated rings. The number of nitrogens with one attached hydrogen (secondary N) is 1. The van der Waals surface area contributed by atoms with E-state index in [1.807, 2.05) is 6.92 Å². The lowest BCUT2D eigenvalue weighted by atomic mass is 9.98. The molecular weight excluding hydrogens is 204 g/mol. The van der Waals surface area contributed by atoms with Crippen LogP contribution in [-0.2, 0) is 4.79 Å². The molecule has 0 aromatic heterocycles. The average Bonchev–Trinajstić information content (AvgIpc) is 2.28. The Bertz CT molecular complexity index is 221. The summed E-state index contributed by atoms with van der Waals surface area (Å²) in [5, 5.41) is 12.5. The van der Waals surface area contributed by atoms with E-state index in [4.69, 9.17) is 0 Å². The van der Waals surface area contributed by atoms with E-state index in [9.17, 15) is 9.90 Å². The van der Waals surface area contributed by atoms with Crippen LogP contribution >= 0.6 is 0 Å². The van der Waals surface area contributed by atoms with E-state index in [-0.39, 0.29) is 6.04 Å². The van der Waals surface area contributed by atoms with Crippen LogP contribution in [0.15, 0.2) is 0 Å². The van der Waals surface area contributed by atoms with Gasteiger partial charge in [0.25, 0.3) is 0 Å². The van der Waals surface area contributed by atoms with Gasteiger partial charge in [0.1, 0.15) is 6.04 Å². The zero-order chi connectivity index (χ0) is 12.0. The molecule has 94 valence electrons. The van der Waals surface area contributed by atoms with Gasteiger partial charge in [0, 0.05) is 12.6 Å². The molecule has 0 spiro atoms. The molecule has 1 aliphatic heterocycles. The van der Waals surface area contributed by atoms with Crippen LogP contribution in [0.2, 0.25) is 0 Å². The number of hydrogen-bond donors (Lipinski definition) is 2. The maximum absolute atomic E-state index is 11.2. The van der Waals surface area contributed by atoms with E-state index in [1.165, 1.54) is 6.42 Å². The van der Waals surface area contributed by atoms with Gasteiger partial charge in [0.2, 0.25) is 0 Å². The lowest BCUT2D eigenvalue weighted by Crippen LogP contribution is -2.53. The van der Waals surface area contributed by atoms with Gasteiger partial charge in [0.15, 0.2) is 0 Å². The molecule has 0 amide bonds. The zero-order valence-electron chi connectivity index (χ0n) is 10.4. The average molecular weight is 228 g/mol. The molecule has 0 aromatic carbocycles. The largest absolute Gasteiger partial charge is 0.480 e. The Balaban J connectivity index is 2.60. The van der Waals surface area contributed by atoms with Crippen LogP contribution in [0, 0.1) is 0 Å². The van der Waals surface area contributed by atoms with Crippen LogP contribution in [0.4, 0.5) is 0 Å². The number of piperidine rings is 1. The van der Waals surface area contributed by atoms with E-state index in [0.29, 0.717) is 12.5 Å². The van der Waals surface area contributed by atoms with Crippen molar-refractivity contribution < 1.29 is 9.90 Å². The van der Waals surface area contributed by atoms with Crippen molar-refractivity contribution in [1.82, 2.24) is 10.2 Å². The highest BCUT2D eigenvalue weighted by atomic mass is 16.4. The van der Waals surface area contributed by atoms with Crippen LogP contribution in [0.5, 0.6) is 0 Å². The third-order valence-electron chi connectivity index (χ3n) is 3.37. The Morgan fingerprint density at radius 2 is 2.25 bits per heavy atom. The minimum atomic E-state index is -0.675. The first kappa shape index (κ1) is 13.5. The molecule has 1 rings (SSSR count). The first-order valence-corrected chi connectivity index (χ1v) is 6.40. The molecule has 0 radical (unpaired) electrons. The molecule has 1 saturated heterocycles. The van der Waals surface area contributed by atoms with Crippen LogP contribution in [0.25, 0.3) is 0 Å². The fourth-order valence-electron chi connectivity index (χ4n) is 2.51. The van der Waals surface area contributed by atoms with Crippen LogP contribution in [0.3, 0.4) is 0 Å². The number of nitrogens with zero attached hydrogens (tertiary/aromatic N) is 1. The summed E-state index contributed by atoms with van der Waals surface area (Å²) in [5.41, 5.74) is 0. The number of hydrogen-bond acceptors (Lipinski definition) is 3. The molecule has 0 aromatic rings. The summed E-state index contributed by atoms with van der Waals surface area (Å²) in [6, 6.07) is 0.0960. The van der Waals surface area contributed by atoms with Crippen molar-refractivity contribution >= 4 is 5.97 Å². The number of likely N-dealkylation sites (N-methyl/N-ethyl adjacent to an activating group) is 1. The topological polar surface area (TPSA) is 52.6 Å². The smallest absolute Gasteiger partial charge is 0.320 e. The summed E-state index contributed by atoms with van der Waals surface area (Å²) in [7, 11) is 0. The predicted octanol–water partition coefficient (Wildman–Crippen LogP) is 1.31. The van der Waals surface area contributed by atoms with Gasteiger partial charge in [-0.1, -0.05) is 20.3 Å². The molecule has 4 nitrogen and oxygen atoms in total. The zero-order valence-corrected chi connectivity index (χ0v) is 10.4. The van der Waals surface area contributed by atoms with E-state index in [0.717, 1.165) is 32.5 Å². The number of rotatable bonds is 6. The summed E-state index contributed by atoms with van der Waals surface area (Å²) in [6.07, 6.45) is 4.17. The van der Waals surface area contributed by atoms with E-state index >= 15 is 0 Å². The van der Waals surface area contributed by atoms with Crippen molar-refractivity contribution in [2.75, 3.05) is 19.6 Å². The molecule has 4 heteroatoms. The number of likely N-dealkylation sites (tertiary alicyclic amines) is 1. The molecular formula is C12H24N2O2. The molecule has 1 aliphatic rings. The summed E-state index contributed by atoms with van der Waals surface area (Å²) >= 11 is 0. The first-order chi connectivity index (χ1) is 7.70. The maximum Gasteiger partial charge on any atom is 0.320 e. The van der Waals surface area contributed by atoms with Gasteiger partial charge in [-0.2, -0.15) is 0 Å². The fourth-order valence-corrected chi connectivity index (χ4v) is 2.51. The summed E-state index contributed by atoms with van der Waals surface area (Å²) in [6.45, 7) is 6.84. The second-order valence-corrected chi connectivity index (χ2v) is 4.46. The molecule has 2 atom stereocenters. The van der Waals surface area contributed by atoms with Gasteiger partial charge in [-0.25, -0.2) is 0 Å². The molecule has 0 aliphatic carbocycles. The van der Waals surface area contributed by atoms with Gasteiger partial charge in [-0.05, 0) is 32.4 Å². The van der Waals surface area contributed by atoms with Crippen LogP contribution in [0.1, 0.15) is 39.5 Å². The van der Waals surface area contributed by atoms with Crippen molar-refractivity contribution in [3.05, 3.63) is 0 Å². The normalized spacial score (nSPS) is 24.2. The van der Waals surface area contributed by atoms with E-state index in [2.05, 4.69) is 17.1 Å². The quantitative estimate of drug-likeness (QED) is 0.720. The van der Waals surface area contributed by atoms with Gasteiger partial charge in [-0.15, -0.1) is 0 Å². The van der Waals surface area contributed by atoms with Gasteiger partial charge >= 0.3 is 5.97 Å². The summed E-state index contributed by atoms with van der Waals surface area (Å²) < 4.78 is 0. The van der Waals surface area contributed by atoms with E-state index in [1.54, 1.807) is 0 Å². The number of carboxylic acids is 1. The van der Waals surface area contributed by atoms with Crippen LogP contribution in [-0.4, -0.2) is 47.7 Å². The Morgan fingerprint density at radius 3 is 2.81 bits per heavy atom. The molecule has 16 heavy (non-hydrogen) atoms. The highest BCUT2D eigenvalue weighted by molar-refractivity contribution is 5.73. The van der Waals surface area contributed by atoms with E-state index < -0.39 is 5.97 Å². The fraction of sp³-hybridized carbons (Fsp3) is 0.917. The third kappa shape index (κ3) is 3.46. The number of carboxylic acid groups (broad SMARTS) is 1. The SMILES string of the molecule is CCNCC1CCCCN1C(CC)C(=O)O. The van der Waals surface area contributed by atoms with Crippen molar-refractivity contribution in [1.29, 1.82) is 0 Å². The predicted molar refractivity (Wildman–Crippen MR) is 64.6 cm³/mol. The highest BCUT2D eigenvalue weighted by Gasteiger charge is 2.31. The maximum atomic E-state index is 11.2. The minimum Gasteiger partial charge on any atom is -0.480 e. The van der Waals surface area contributed by atoms with Crippen LogP contribution < -0.4 is 5.32 Å². The molecule has 1 heterocycles. The third-order valence-corrected chi connectivity index (χ3v) is 3.37. The molecule has 2 N–H and O–H groups in total. The minimum absolute atomic E-state index is 0.302. The Labute approximate surface area is 98.0 Å². The molecule has 0 bridgehead atoms. The Morgan fingerprint density at radius 1 is 1.50 bits per heavy atom. The van der Waals surface area contributed by atoms with Gasteiger partial charge < -0.3 is 10.4 Å². The monoisotopic (exact) mass is 228 g/mol. The van der Waals surface area contributed by atoms with Crippen molar-refractivity contribution in [2.24, 2.45) is 0 Å². The molecule has 2 unspecified atom stereocenters.